The summed E-state index contributed by atoms with van der Waals surface area (Å²) in [6, 6.07) is 0.775. The van der Waals surface area contributed by atoms with Crippen LogP contribution in [0.25, 0.3) is 0 Å². The molecular weight excluding hydrogens is 224 g/mol. The van der Waals surface area contributed by atoms with Gasteiger partial charge in [0.25, 0.3) is 0 Å². The summed E-state index contributed by atoms with van der Waals surface area (Å²) in [5, 5.41) is 0. The van der Waals surface area contributed by atoms with Crippen molar-refractivity contribution in [3.63, 3.8) is 0 Å². The zero-order valence-corrected chi connectivity index (χ0v) is 12.4. The van der Waals surface area contributed by atoms with Crippen LogP contribution in [0.1, 0.15) is 39.5 Å². The smallest absolute Gasteiger partial charge is 0.0597 e. The van der Waals surface area contributed by atoms with Crippen molar-refractivity contribution in [1.82, 2.24) is 9.80 Å². The summed E-state index contributed by atoms with van der Waals surface area (Å²) in [5.74, 6) is 0.895. The van der Waals surface area contributed by atoms with Crippen molar-refractivity contribution in [3.8, 4) is 0 Å². The largest absolute Gasteiger partial charge is 0.377 e. The van der Waals surface area contributed by atoms with E-state index in [2.05, 4.69) is 30.7 Å². The van der Waals surface area contributed by atoms with Crippen molar-refractivity contribution in [2.24, 2.45) is 5.92 Å². The van der Waals surface area contributed by atoms with Gasteiger partial charge in [-0.05, 0) is 58.3 Å². The number of piperidine rings is 1. The number of likely N-dealkylation sites (N-methyl/N-ethyl adjacent to an activating group) is 1. The Labute approximate surface area is 112 Å². The minimum absolute atomic E-state index is 0.565. The lowest BCUT2D eigenvalue weighted by Gasteiger charge is -2.37. The predicted molar refractivity (Wildman–Crippen MR) is 75.9 cm³/mol. The zero-order valence-electron chi connectivity index (χ0n) is 12.4. The first-order chi connectivity index (χ1) is 8.69. The summed E-state index contributed by atoms with van der Waals surface area (Å²) in [6.45, 7) is 10.3. The maximum absolute atomic E-state index is 5.90. The van der Waals surface area contributed by atoms with Crippen molar-refractivity contribution in [1.29, 1.82) is 0 Å². The van der Waals surface area contributed by atoms with Gasteiger partial charge in [-0.15, -0.1) is 0 Å². The molecule has 0 unspecified atom stereocenters. The number of rotatable bonds is 6. The van der Waals surface area contributed by atoms with E-state index in [-0.39, 0.29) is 0 Å². The average molecular weight is 254 g/mol. The zero-order chi connectivity index (χ0) is 13.0. The van der Waals surface area contributed by atoms with Crippen LogP contribution in [0, 0.1) is 5.92 Å². The quantitative estimate of drug-likeness (QED) is 0.723. The molecule has 0 radical (unpaired) electrons. The van der Waals surface area contributed by atoms with Gasteiger partial charge in [-0.25, -0.2) is 0 Å². The molecule has 2 fully saturated rings. The molecule has 106 valence electrons. The second kappa shape index (κ2) is 6.88. The Morgan fingerprint density at radius 1 is 1.22 bits per heavy atom. The third-order valence-electron chi connectivity index (χ3n) is 4.76. The molecule has 0 bridgehead atoms. The predicted octanol–water partition coefficient (Wildman–Crippen LogP) is 2.22. The van der Waals surface area contributed by atoms with E-state index in [9.17, 15) is 0 Å². The Kier molecular flexibility index (Phi) is 5.46. The summed E-state index contributed by atoms with van der Waals surface area (Å²) in [5.41, 5.74) is 0. The Morgan fingerprint density at radius 2 is 1.89 bits per heavy atom. The van der Waals surface area contributed by atoms with Crippen LogP contribution in [0.5, 0.6) is 0 Å². The highest BCUT2D eigenvalue weighted by Gasteiger charge is 2.26. The maximum atomic E-state index is 5.90. The lowest BCUT2D eigenvalue weighted by atomic mass is 9.84. The van der Waals surface area contributed by atoms with Crippen molar-refractivity contribution >= 4 is 0 Å². The van der Waals surface area contributed by atoms with E-state index in [0.29, 0.717) is 6.10 Å². The van der Waals surface area contributed by atoms with Gasteiger partial charge in [-0.1, -0.05) is 13.8 Å². The number of hydrogen-bond acceptors (Lipinski definition) is 3. The first kappa shape index (κ1) is 14.3. The van der Waals surface area contributed by atoms with Crippen molar-refractivity contribution in [2.75, 3.05) is 39.8 Å². The fourth-order valence-electron chi connectivity index (χ4n) is 3.19. The topological polar surface area (TPSA) is 15.7 Å². The van der Waals surface area contributed by atoms with Crippen LogP contribution in [0.3, 0.4) is 0 Å². The average Bonchev–Trinajstić information content (AvgIpc) is 2.36. The molecule has 18 heavy (non-hydrogen) atoms. The van der Waals surface area contributed by atoms with Crippen LogP contribution < -0.4 is 0 Å². The van der Waals surface area contributed by atoms with Crippen LogP contribution in [-0.4, -0.2) is 61.8 Å². The van der Waals surface area contributed by atoms with Gasteiger partial charge in [-0.3, -0.25) is 0 Å². The summed E-state index contributed by atoms with van der Waals surface area (Å²) in [7, 11) is 2.26. The molecule has 2 rings (SSSR count). The fourth-order valence-corrected chi connectivity index (χ4v) is 3.19. The van der Waals surface area contributed by atoms with Crippen molar-refractivity contribution in [2.45, 2.75) is 51.7 Å². The lowest BCUT2D eigenvalue weighted by Crippen LogP contribution is -2.44. The van der Waals surface area contributed by atoms with Gasteiger partial charge in [0.1, 0.15) is 0 Å². The van der Waals surface area contributed by atoms with Gasteiger partial charge in [0.15, 0.2) is 0 Å². The first-order valence-electron chi connectivity index (χ1n) is 7.73. The van der Waals surface area contributed by atoms with Crippen LogP contribution in [0.15, 0.2) is 0 Å². The summed E-state index contributed by atoms with van der Waals surface area (Å²) in [4.78, 5) is 5.06. The molecule has 0 aromatic rings. The van der Waals surface area contributed by atoms with E-state index >= 15 is 0 Å². The molecule has 0 amide bonds. The third-order valence-corrected chi connectivity index (χ3v) is 4.76. The molecule has 1 heterocycles. The van der Waals surface area contributed by atoms with E-state index in [4.69, 9.17) is 4.74 Å². The maximum Gasteiger partial charge on any atom is 0.0597 e. The van der Waals surface area contributed by atoms with Crippen LogP contribution >= 0.6 is 0 Å². The van der Waals surface area contributed by atoms with E-state index in [1.165, 1.54) is 45.3 Å². The fraction of sp³-hybridized carbons (Fsp3) is 1.00. The van der Waals surface area contributed by atoms with Gasteiger partial charge in [0, 0.05) is 12.6 Å². The summed E-state index contributed by atoms with van der Waals surface area (Å²) >= 11 is 0. The van der Waals surface area contributed by atoms with Crippen LogP contribution in [-0.2, 0) is 4.74 Å². The molecule has 3 heteroatoms. The summed E-state index contributed by atoms with van der Waals surface area (Å²) < 4.78 is 5.90. The van der Waals surface area contributed by atoms with E-state index in [1.54, 1.807) is 0 Å². The van der Waals surface area contributed by atoms with E-state index in [1.807, 2.05) is 0 Å². The Balaban J connectivity index is 1.56. The molecule has 0 atom stereocenters. The molecule has 0 N–H and O–H groups in total. The second-order valence-corrected chi connectivity index (χ2v) is 6.22. The Morgan fingerprint density at radius 3 is 2.44 bits per heavy atom. The highest BCUT2D eigenvalue weighted by molar-refractivity contribution is 4.79. The molecule has 0 aromatic heterocycles. The van der Waals surface area contributed by atoms with Crippen LogP contribution in [0.2, 0.25) is 0 Å². The molecule has 1 aliphatic carbocycles. The number of likely N-dealkylation sites (tertiary alicyclic amines) is 1. The minimum Gasteiger partial charge on any atom is -0.377 e. The SMILES string of the molecule is CCN1CCC(N(C)CCOC2CC(C)C2)CC1. The lowest BCUT2D eigenvalue weighted by molar-refractivity contribution is -0.0353. The third kappa shape index (κ3) is 3.94. The standard InChI is InChI=1S/C15H30N2O/c1-4-17-7-5-14(6-8-17)16(3)9-10-18-15-11-13(2)12-15/h13-15H,4-12H2,1-3H3. The molecule has 0 spiro atoms. The van der Waals surface area contributed by atoms with Crippen molar-refractivity contribution < 1.29 is 4.74 Å². The van der Waals surface area contributed by atoms with Gasteiger partial charge in [0.2, 0.25) is 0 Å². The van der Waals surface area contributed by atoms with E-state index in [0.717, 1.165) is 25.1 Å². The molecule has 1 saturated heterocycles. The normalized spacial score (nSPS) is 30.7. The second-order valence-electron chi connectivity index (χ2n) is 6.22. The Hall–Kier alpha value is -0.120. The summed E-state index contributed by atoms with van der Waals surface area (Å²) in [6.07, 6.45) is 5.77. The number of nitrogens with zero attached hydrogens (tertiary/aromatic N) is 2. The molecule has 3 nitrogen and oxygen atoms in total. The van der Waals surface area contributed by atoms with E-state index < -0.39 is 0 Å². The molecular formula is C15H30N2O. The molecule has 1 saturated carbocycles. The molecule has 2 aliphatic rings. The highest BCUT2D eigenvalue weighted by atomic mass is 16.5. The van der Waals surface area contributed by atoms with Crippen molar-refractivity contribution in [3.05, 3.63) is 0 Å². The van der Waals surface area contributed by atoms with Gasteiger partial charge in [-0.2, -0.15) is 0 Å². The number of ether oxygens (including phenoxy) is 1. The first-order valence-corrected chi connectivity index (χ1v) is 7.73. The van der Waals surface area contributed by atoms with Crippen LogP contribution in [0.4, 0.5) is 0 Å². The van der Waals surface area contributed by atoms with Gasteiger partial charge < -0.3 is 14.5 Å². The highest BCUT2D eigenvalue weighted by Crippen LogP contribution is 2.29. The Bertz CT molecular complexity index is 233. The molecule has 0 aromatic carbocycles. The number of hydrogen-bond donors (Lipinski definition) is 0. The molecule has 1 aliphatic heterocycles. The van der Waals surface area contributed by atoms with Gasteiger partial charge >= 0.3 is 0 Å². The minimum atomic E-state index is 0.565. The van der Waals surface area contributed by atoms with Gasteiger partial charge in [0.05, 0.1) is 12.7 Å². The monoisotopic (exact) mass is 254 g/mol.